The van der Waals surface area contributed by atoms with Crippen LogP contribution in [0.25, 0.3) is 0 Å². The average Bonchev–Trinajstić information content (AvgIpc) is 2.71. The number of esters is 1. The van der Waals surface area contributed by atoms with Crippen LogP contribution in [0, 0.1) is 5.82 Å². The van der Waals surface area contributed by atoms with Crippen molar-refractivity contribution in [3.05, 3.63) is 64.4 Å². The first-order valence-electron chi connectivity index (χ1n) is 9.01. The molecule has 1 N–H and O–H groups in total. The molecule has 0 aliphatic carbocycles. The lowest BCUT2D eigenvalue weighted by molar-refractivity contribution is -0.153. The van der Waals surface area contributed by atoms with Crippen molar-refractivity contribution < 1.29 is 28.2 Å². The first-order chi connectivity index (χ1) is 14.2. The number of nitrogens with zero attached hydrogens (tertiary/aromatic N) is 1. The maximum atomic E-state index is 13.8. The van der Waals surface area contributed by atoms with Crippen LogP contribution in [-0.4, -0.2) is 49.5 Å². The average molecular weight is 437 g/mol. The lowest BCUT2D eigenvalue weighted by Gasteiger charge is -2.19. The molecule has 0 bridgehead atoms. The first-order valence-corrected chi connectivity index (χ1v) is 9.39. The predicted molar refractivity (Wildman–Crippen MR) is 109 cm³/mol. The van der Waals surface area contributed by atoms with Crippen molar-refractivity contribution in [2.24, 2.45) is 0 Å². The number of amides is 2. The van der Waals surface area contributed by atoms with E-state index in [1.807, 2.05) is 0 Å². The molecule has 2 aromatic carbocycles. The van der Waals surface area contributed by atoms with Crippen molar-refractivity contribution in [3.8, 4) is 5.75 Å². The van der Waals surface area contributed by atoms with Gasteiger partial charge in [0.1, 0.15) is 6.04 Å². The number of likely N-dealkylation sites (N-methyl/N-ethyl adjacent to an activating group) is 1. The Morgan fingerprint density at radius 1 is 1.20 bits per heavy atom. The molecule has 1 unspecified atom stereocenters. The molecule has 0 radical (unpaired) electrons. The SMILES string of the molecule is COc1ccc(CN(C)C(=O)COC(=O)C(C)NC(=O)c2ccccc2Cl)cc1F. The van der Waals surface area contributed by atoms with Gasteiger partial charge in [0.25, 0.3) is 11.8 Å². The summed E-state index contributed by atoms with van der Waals surface area (Å²) in [5.74, 6) is -2.22. The molecule has 0 aromatic heterocycles. The van der Waals surface area contributed by atoms with E-state index in [0.717, 1.165) is 0 Å². The highest BCUT2D eigenvalue weighted by Gasteiger charge is 2.21. The van der Waals surface area contributed by atoms with Crippen LogP contribution >= 0.6 is 11.6 Å². The molecule has 0 saturated carbocycles. The van der Waals surface area contributed by atoms with Crippen LogP contribution < -0.4 is 10.1 Å². The monoisotopic (exact) mass is 436 g/mol. The number of hydrogen-bond donors (Lipinski definition) is 1. The number of benzene rings is 2. The summed E-state index contributed by atoms with van der Waals surface area (Å²) in [5, 5.41) is 2.72. The minimum atomic E-state index is -0.984. The summed E-state index contributed by atoms with van der Waals surface area (Å²) < 4.78 is 23.6. The van der Waals surface area contributed by atoms with Crippen molar-refractivity contribution in [2.45, 2.75) is 19.5 Å². The number of hydrogen-bond acceptors (Lipinski definition) is 5. The molecule has 0 heterocycles. The second-order valence-corrected chi connectivity index (χ2v) is 6.91. The molecule has 0 aliphatic rings. The number of carbonyl (C=O) groups is 3. The lowest BCUT2D eigenvalue weighted by atomic mass is 10.2. The Morgan fingerprint density at radius 3 is 2.53 bits per heavy atom. The van der Waals surface area contributed by atoms with E-state index in [1.54, 1.807) is 24.3 Å². The van der Waals surface area contributed by atoms with Crippen molar-refractivity contribution in [2.75, 3.05) is 20.8 Å². The zero-order valence-electron chi connectivity index (χ0n) is 16.8. The minimum Gasteiger partial charge on any atom is -0.494 e. The summed E-state index contributed by atoms with van der Waals surface area (Å²) in [6, 6.07) is 9.78. The van der Waals surface area contributed by atoms with E-state index in [9.17, 15) is 18.8 Å². The van der Waals surface area contributed by atoms with E-state index in [1.165, 1.54) is 44.2 Å². The van der Waals surface area contributed by atoms with Crippen molar-refractivity contribution in [1.82, 2.24) is 10.2 Å². The van der Waals surface area contributed by atoms with Gasteiger partial charge >= 0.3 is 5.97 Å². The Kier molecular flexibility index (Phi) is 8.17. The van der Waals surface area contributed by atoms with Crippen LogP contribution in [0.4, 0.5) is 4.39 Å². The van der Waals surface area contributed by atoms with Gasteiger partial charge in [0.15, 0.2) is 18.2 Å². The van der Waals surface area contributed by atoms with Gasteiger partial charge in [-0.15, -0.1) is 0 Å². The number of halogens is 2. The van der Waals surface area contributed by atoms with Crippen molar-refractivity contribution in [1.29, 1.82) is 0 Å². The second kappa shape index (κ2) is 10.6. The van der Waals surface area contributed by atoms with Gasteiger partial charge < -0.3 is 19.7 Å². The molecule has 7 nitrogen and oxygen atoms in total. The lowest BCUT2D eigenvalue weighted by Crippen LogP contribution is -2.41. The third-order valence-electron chi connectivity index (χ3n) is 4.22. The third-order valence-corrected chi connectivity index (χ3v) is 4.55. The van der Waals surface area contributed by atoms with E-state index < -0.39 is 36.2 Å². The van der Waals surface area contributed by atoms with Crippen LogP contribution in [-0.2, 0) is 20.9 Å². The molecule has 1 atom stereocenters. The summed E-state index contributed by atoms with van der Waals surface area (Å²) in [7, 11) is 2.86. The maximum absolute atomic E-state index is 13.8. The van der Waals surface area contributed by atoms with Gasteiger partial charge in [-0.3, -0.25) is 9.59 Å². The number of ether oxygens (including phenoxy) is 2. The molecule has 2 amide bonds. The molecule has 0 saturated heterocycles. The highest BCUT2D eigenvalue weighted by molar-refractivity contribution is 6.33. The van der Waals surface area contributed by atoms with Gasteiger partial charge in [-0.25, -0.2) is 9.18 Å². The van der Waals surface area contributed by atoms with Crippen LogP contribution in [0.15, 0.2) is 42.5 Å². The molecule has 0 spiro atoms. The molecular weight excluding hydrogens is 415 g/mol. The smallest absolute Gasteiger partial charge is 0.328 e. The highest BCUT2D eigenvalue weighted by atomic mass is 35.5. The number of rotatable bonds is 8. The predicted octanol–water partition coefficient (Wildman–Crippen LogP) is 2.81. The number of nitrogens with one attached hydrogen (secondary N) is 1. The summed E-state index contributed by atoms with van der Waals surface area (Å²) >= 11 is 5.96. The molecule has 9 heteroatoms. The Morgan fingerprint density at radius 2 is 1.90 bits per heavy atom. The van der Waals surface area contributed by atoms with E-state index in [4.69, 9.17) is 21.1 Å². The van der Waals surface area contributed by atoms with Gasteiger partial charge in [-0.2, -0.15) is 0 Å². The standard InChI is InChI=1S/C21H22ClFN2O5/c1-13(24-20(27)15-6-4-5-7-16(15)22)21(28)30-12-19(26)25(2)11-14-8-9-18(29-3)17(23)10-14/h4-10,13H,11-12H2,1-3H3,(H,24,27). The number of methoxy groups -OCH3 is 1. The fraction of sp³-hybridized carbons (Fsp3) is 0.286. The number of carbonyl (C=O) groups excluding carboxylic acids is 3. The van der Waals surface area contributed by atoms with E-state index in [0.29, 0.717) is 5.56 Å². The van der Waals surface area contributed by atoms with E-state index >= 15 is 0 Å². The Hall–Kier alpha value is -3.13. The van der Waals surface area contributed by atoms with Gasteiger partial charge in [-0.05, 0) is 36.8 Å². The Bertz CT molecular complexity index is 937. The second-order valence-electron chi connectivity index (χ2n) is 6.50. The zero-order chi connectivity index (χ0) is 22.3. The molecule has 0 fully saturated rings. The van der Waals surface area contributed by atoms with Crippen LogP contribution in [0.5, 0.6) is 5.75 Å². The van der Waals surface area contributed by atoms with E-state index in [-0.39, 0.29) is 22.9 Å². The molecule has 160 valence electrons. The molecule has 2 aromatic rings. The quantitative estimate of drug-likeness (QED) is 0.643. The summed E-state index contributed by atoms with van der Waals surface area (Å²) in [6.45, 7) is 1.04. The van der Waals surface area contributed by atoms with Crippen molar-refractivity contribution >= 4 is 29.4 Å². The van der Waals surface area contributed by atoms with E-state index in [2.05, 4.69) is 5.32 Å². The largest absolute Gasteiger partial charge is 0.494 e. The summed E-state index contributed by atoms with van der Waals surface area (Å²) in [4.78, 5) is 37.8. The molecule has 2 rings (SSSR count). The highest BCUT2D eigenvalue weighted by Crippen LogP contribution is 2.18. The first kappa shape index (κ1) is 23.2. The molecule has 0 aliphatic heterocycles. The normalized spacial score (nSPS) is 11.4. The molecular formula is C21H22ClFN2O5. The van der Waals surface area contributed by atoms with Crippen molar-refractivity contribution in [3.63, 3.8) is 0 Å². The van der Waals surface area contributed by atoms with Gasteiger partial charge in [0.05, 0.1) is 17.7 Å². The van der Waals surface area contributed by atoms with Crippen LogP contribution in [0.1, 0.15) is 22.8 Å². The Balaban J connectivity index is 1.84. The van der Waals surface area contributed by atoms with Crippen LogP contribution in [0.3, 0.4) is 0 Å². The minimum absolute atomic E-state index is 0.106. The fourth-order valence-corrected chi connectivity index (χ4v) is 2.74. The Labute approximate surface area is 178 Å². The van der Waals surface area contributed by atoms with Gasteiger partial charge in [-0.1, -0.05) is 29.8 Å². The zero-order valence-corrected chi connectivity index (χ0v) is 17.5. The summed E-state index contributed by atoms with van der Waals surface area (Å²) in [6.07, 6.45) is 0. The van der Waals surface area contributed by atoms with Crippen LogP contribution in [0.2, 0.25) is 5.02 Å². The fourth-order valence-electron chi connectivity index (χ4n) is 2.52. The topological polar surface area (TPSA) is 84.9 Å². The summed E-state index contributed by atoms with van der Waals surface area (Å²) in [5.41, 5.74) is 0.775. The maximum Gasteiger partial charge on any atom is 0.328 e. The van der Waals surface area contributed by atoms with Gasteiger partial charge in [0.2, 0.25) is 0 Å². The van der Waals surface area contributed by atoms with Gasteiger partial charge in [0, 0.05) is 13.6 Å². The molecule has 30 heavy (non-hydrogen) atoms. The third kappa shape index (κ3) is 6.18.